The van der Waals surface area contributed by atoms with Crippen LogP contribution in [0.15, 0.2) is 0 Å². The molecule has 1 amide bonds. The molecule has 108 valence electrons. The van der Waals surface area contributed by atoms with E-state index in [2.05, 4.69) is 17.6 Å². The summed E-state index contributed by atoms with van der Waals surface area (Å²) in [6.45, 7) is 6.22. The molecule has 0 aromatic rings. The molecule has 0 aromatic carbocycles. The van der Waals surface area contributed by atoms with E-state index in [1.807, 2.05) is 0 Å². The Morgan fingerprint density at radius 3 is 2.61 bits per heavy atom. The second-order valence-electron chi connectivity index (χ2n) is 4.19. The van der Waals surface area contributed by atoms with E-state index in [4.69, 9.17) is 9.47 Å². The number of rotatable bonds is 13. The fourth-order valence-corrected chi connectivity index (χ4v) is 1.37. The fourth-order valence-electron chi connectivity index (χ4n) is 1.37. The van der Waals surface area contributed by atoms with Crippen LogP contribution in [0.2, 0.25) is 0 Å². The molecule has 0 bridgehead atoms. The van der Waals surface area contributed by atoms with Gasteiger partial charge < -0.3 is 20.1 Å². The topological polar surface area (TPSA) is 59.6 Å². The van der Waals surface area contributed by atoms with Crippen LogP contribution in [0.1, 0.15) is 32.6 Å². The van der Waals surface area contributed by atoms with Crippen LogP contribution in [0.4, 0.5) is 0 Å². The van der Waals surface area contributed by atoms with Gasteiger partial charge in [0.1, 0.15) is 0 Å². The summed E-state index contributed by atoms with van der Waals surface area (Å²) < 4.78 is 10.2. The zero-order chi connectivity index (χ0) is 13.5. The van der Waals surface area contributed by atoms with Crippen molar-refractivity contribution in [1.29, 1.82) is 0 Å². The second kappa shape index (κ2) is 14.4. The maximum absolute atomic E-state index is 11.3. The van der Waals surface area contributed by atoms with E-state index < -0.39 is 0 Å². The van der Waals surface area contributed by atoms with Crippen molar-refractivity contribution < 1.29 is 14.3 Å². The Morgan fingerprint density at radius 1 is 1.06 bits per heavy atom. The minimum atomic E-state index is 0.0831. The molecule has 0 heterocycles. The molecule has 0 aromatic heterocycles. The van der Waals surface area contributed by atoms with Crippen molar-refractivity contribution in [2.75, 3.05) is 46.6 Å². The summed E-state index contributed by atoms with van der Waals surface area (Å²) in [5.41, 5.74) is 0. The molecule has 5 heteroatoms. The van der Waals surface area contributed by atoms with E-state index in [0.29, 0.717) is 19.8 Å². The van der Waals surface area contributed by atoms with Crippen LogP contribution in [0.5, 0.6) is 0 Å². The normalized spacial score (nSPS) is 10.6. The van der Waals surface area contributed by atoms with Gasteiger partial charge in [0.2, 0.25) is 5.91 Å². The van der Waals surface area contributed by atoms with Crippen LogP contribution in [0.25, 0.3) is 0 Å². The summed E-state index contributed by atoms with van der Waals surface area (Å²) in [6.07, 6.45) is 4.19. The standard InChI is InChI=1S/C13H28N2O3/c1-3-4-8-15-13(16)12-14-7-5-6-9-18-11-10-17-2/h14H,3-12H2,1-2H3,(H,15,16). The first kappa shape index (κ1) is 17.4. The Hall–Kier alpha value is -0.650. The molecule has 0 aliphatic carbocycles. The molecule has 0 fully saturated rings. The number of nitrogens with one attached hydrogen (secondary N) is 2. The van der Waals surface area contributed by atoms with Crippen molar-refractivity contribution in [3.8, 4) is 0 Å². The number of hydrogen-bond donors (Lipinski definition) is 2. The first-order valence-corrected chi connectivity index (χ1v) is 6.85. The summed E-state index contributed by atoms with van der Waals surface area (Å²) in [7, 11) is 1.67. The second-order valence-corrected chi connectivity index (χ2v) is 4.19. The van der Waals surface area contributed by atoms with E-state index in [0.717, 1.165) is 45.4 Å². The predicted octanol–water partition coefficient (Wildman–Crippen LogP) is 0.936. The highest BCUT2D eigenvalue weighted by atomic mass is 16.5. The molecule has 2 N–H and O–H groups in total. The summed E-state index contributed by atoms with van der Waals surface area (Å²) >= 11 is 0. The molecule has 0 spiro atoms. The maximum atomic E-state index is 11.3. The van der Waals surface area contributed by atoms with Crippen molar-refractivity contribution in [3.05, 3.63) is 0 Å². The molecule has 18 heavy (non-hydrogen) atoms. The van der Waals surface area contributed by atoms with Gasteiger partial charge in [-0.3, -0.25) is 4.79 Å². The minimum Gasteiger partial charge on any atom is -0.382 e. The summed E-state index contributed by atoms with van der Waals surface area (Å²) in [6, 6.07) is 0. The van der Waals surface area contributed by atoms with Crippen LogP contribution in [-0.2, 0) is 14.3 Å². The highest BCUT2D eigenvalue weighted by Gasteiger charge is 1.98. The van der Waals surface area contributed by atoms with E-state index in [1.165, 1.54) is 0 Å². The minimum absolute atomic E-state index is 0.0831. The zero-order valence-electron chi connectivity index (χ0n) is 11.8. The fraction of sp³-hybridized carbons (Fsp3) is 0.923. The van der Waals surface area contributed by atoms with Crippen molar-refractivity contribution in [3.63, 3.8) is 0 Å². The summed E-state index contributed by atoms with van der Waals surface area (Å²) in [4.78, 5) is 11.3. The molecule has 0 unspecified atom stereocenters. The lowest BCUT2D eigenvalue weighted by Crippen LogP contribution is -2.34. The SMILES string of the molecule is CCCCNC(=O)CNCCCCOCCOC. The van der Waals surface area contributed by atoms with Crippen molar-refractivity contribution >= 4 is 5.91 Å². The van der Waals surface area contributed by atoms with Gasteiger partial charge in [0.25, 0.3) is 0 Å². The van der Waals surface area contributed by atoms with Crippen LogP contribution >= 0.6 is 0 Å². The number of hydrogen-bond acceptors (Lipinski definition) is 4. The molecule has 0 saturated carbocycles. The number of unbranched alkanes of at least 4 members (excludes halogenated alkanes) is 2. The Balaban J connectivity index is 3.08. The largest absolute Gasteiger partial charge is 0.382 e. The lowest BCUT2D eigenvalue weighted by Gasteiger charge is -2.06. The smallest absolute Gasteiger partial charge is 0.233 e. The highest BCUT2D eigenvalue weighted by molar-refractivity contribution is 5.77. The Labute approximate surface area is 111 Å². The maximum Gasteiger partial charge on any atom is 0.233 e. The third-order valence-corrected chi connectivity index (χ3v) is 2.46. The van der Waals surface area contributed by atoms with Gasteiger partial charge in [-0.25, -0.2) is 0 Å². The predicted molar refractivity (Wildman–Crippen MR) is 72.7 cm³/mol. The number of methoxy groups -OCH3 is 1. The molecule has 0 saturated heterocycles. The Kier molecular flexibility index (Phi) is 13.9. The van der Waals surface area contributed by atoms with Gasteiger partial charge in [-0.1, -0.05) is 13.3 Å². The first-order chi connectivity index (χ1) is 8.81. The van der Waals surface area contributed by atoms with Gasteiger partial charge in [0.15, 0.2) is 0 Å². The van der Waals surface area contributed by atoms with Crippen LogP contribution < -0.4 is 10.6 Å². The van der Waals surface area contributed by atoms with Crippen LogP contribution in [-0.4, -0.2) is 52.5 Å². The molecule has 5 nitrogen and oxygen atoms in total. The summed E-state index contributed by atoms with van der Waals surface area (Å²) in [5.74, 6) is 0.0831. The van der Waals surface area contributed by atoms with Gasteiger partial charge >= 0.3 is 0 Å². The average Bonchev–Trinajstić information content (AvgIpc) is 2.37. The molecule has 0 aliphatic rings. The third-order valence-electron chi connectivity index (χ3n) is 2.46. The Bertz CT molecular complexity index is 189. The van der Waals surface area contributed by atoms with E-state index in [-0.39, 0.29) is 5.91 Å². The molecular formula is C13H28N2O3. The van der Waals surface area contributed by atoms with Gasteiger partial charge in [0, 0.05) is 20.3 Å². The number of carbonyl (C=O) groups is 1. The lowest BCUT2D eigenvalue weighted by molar-refractivity contribution is -0.120. The number of amides is 1. The van der Waals surface area contributed by atoms with E-state index in [9.17, 15) is 4.79 Å². The molecule has 0 atom stereocenters. The molecule has 0 radical (unpaired) electrons. The van der Waals surface area contributed by atoms with E-state index in [1.54, 1.807) is 7.11 Å². The Morgan fingerprint density at radius 2 is 1.89 bits per heavy atom. The van der Waals surface area contributed by atoms with Crippen LogP contribution in [0, 0.1) is 0 Å². The number of ether oxygens (including phenoxy) is 2. The highest BCUT2D eigenvalue weighted by Crippen LogP contribution is 1.88. The van der Waals surface area contributed by atoms with Gasteiger partial charge in [-0.2, -0.15) is 0 Å². The monoisotopic (exact) mass is 260 g/mol. The summed E-state index contributed by atoms with van der Waals surface area (Å²) in [5, 5.41) is 5.99. The van der Waals surface area contributed by atoms with Crippen molar-refractivity contribution in [2.24, 2.45) is 0 Å². The molecule has 0 aliphatic heterocycles. The molecular weight excluding hydrogens is 232 g/mol. The first-order valence-electron chi connectivity index (χ1n) is 6.85. The van der Waals surface area contributed by atoms with Crippen molar-refractivity contribution in [1.82, 2.24) is 10.6 Å². The lowest BCUT2D eigenvalue weighted by atomic mass is 10.3. The third kappa shape index (κ3) is 13.4. The van der Waals surface area contributed by atoms with Crippen molar-refractivity contribution in [2.45, 2.75) is 32.6 Å². The molecule has 0 rings (SSSR count). The van der Waals surface area contributed by atoms with Gasteiger partial charge in [-0.05, 0) is 25.8 Å². The van der Waals surface area contributed by atoms with E-state index >= 15 is 0 Å². The van der Waals surface area contributed by atoms with Gasteiger partial charge in [0.05, 0.1) is 19.8 Å². The van der Waals surface area contributed by atoms with Crippen LogP contribution in [0.3, 0.4) is 0 Å². The zero-order valence-corrected chi connectivity index (χ0v) is 11.8. The van der Waals surface area contributed by atoms with Gasteiger partial charge in [-0.15, -0.1) is 0 Å². The quantitative estimate of drug-likeness (QED) is 0.484. The number of carbonyl (C=O) groups excluding carboxylic acids is 1. The average molecular weight is 260 g/mol.